The first-order valence-corrected chi connectivity index (χ1v) is 36.8. The van der Waals surface area contributed by atoms with Crippen LogP contribution in [0.2, 0.25) is 0 Å². The quantitative estimate of drug-likeness (QED) is 0.0119. The van der Waals surface area contributed by atoms with Gasteiger partial charge in [-0.2, -0.15) is 0 Å². The number of Topliss-reactive ketones (excluding diaryl/α,β-unsaturated/α-hetero) is 3. The molecule has 30 heteroatoms. The van der Waals surface area contributed by atoms with Gasteiger partial charge in [-0.05, 0) is 55.8 Å². The number of carbonyl (C=O) groups is 5. The lowest BCUT2D eigenvalue weighted by Gasteiger charge is -2.40. The zero-order valence-electron chi connectivity index (χ0n) is 53.3. The Morgan fingerprint density at radius 2 is 0.732 bits per heavy atom. The van der Waals surface area contributed by atoms with E-state index in [0.29, 0.717) is 38.5 Å². The van der Waals surface area contributed by atoms with E-state index in [9.17, 15) is 79.4 Å². The lowest BCUT2D eigenvalue weighted by Crippen LogP contribution is -2.59. The predicted molar refractivity (Wildman–Crippen MR) is 386 cm³/mol. The topological polar surface area (TPSA) is 403 Å². The molecule has 0 spiro atoms. The van der Waals surface area contributed by atoms with Crippen molar-refractivity contribution < 1.29 is 117 Å². The Labute approximate surface area is 596 Å². The van der Waals surface area contributed by atoms with E-state index in [1.165, 1.54) is 0 Å². The molecule has 7 unspecified atom stereocenters. The fraction of sp³-hybridized carbons (Fsp3) is 0.925. The summed E-state index contributed by atoms with van der Waals surface area (Å²) >= 11 is 4.62. The minimum Gasteiger partial charge on any atom is -0.394 e. The number of rotatable bonds is 52. The van der Waals surface area contributed by atoms with Crippen LogP contribution < -0.4 is 10.6 Å². The van der Waals surface area contributed by atoms with E-state index in [4.69, 9.17) is 28.4 Å². The molecular weight excluding hydrogens is 1340 g/mol. The maximum absolute atomic E-state index is 13.6. The van der Waals surface area contributed by atoms with Gasteiger partial charge in [0.15, 0.2) is 0 Å². The monoisotopic (exact) mass is 1480 g/mol. The molecule has 0 bridgehead atoms. The highest BCUT2D eigenvalue weighted by atomic mass is 32.2. The van der Waals surface area contributed by atoms with E-state index in [1.54, 1.807) is 56.1 Å². The molecule has 97 heavy (non-hydrogen) atoms. The van der Waals surface area contributed by atoms with E-state index in [1.807, 2.05) is 0 Å². The normalized spacial score (nSPS) is 26.4. The van der Waals surface area contributed by atoms with Crippen LogP contribution in [0.15, 0.2) is 0 Å². The van der Waals surface area contributed by atoms with Gasteiger partial charge in [0.05, 0.1) is 77.8 Å². The molecule has 3 heterocycles. The summed E-state index contributed by atoms with van der Waals surface area (Å²) in [5.74, 6) is -0.406. The number of nitrogens with one attached hydrogen (secondary N) is 2. The summed E-state index contributed by atoms with van der Waals surface area (Å²) in [4.78, 5) is 75.1. The van der Waals surface area contributed by atoms with Crippen LogP contribution in [0, 0.1) is 17.8 Å². The number of thioether (sulfide) groups is 3. The Morgan fingerprint density at radius 3 is 1.02 bits per heavy atom. The van der Waals surface area contributed by atoms with Crippen molar-refractivity contribution in [2.24, 2.45) is 17.8 Å². The molecule has 16 atom stereocenters. The number of carbonyl (C=O) groups excluding carboxylic acids is 5. The zero-order chi connectivity index (χ0) is 66.5. The number of aliphatic hydroxyl groups excluding tert-OH is 9. The zero-order valence-corrected chi connectivity index (χ0v) is 56.6. The third-order valence-electron chi connectivity index (χ3n) is 16.4. The van der Waals surface area contributed by atoms with Gasteiger partial charge in [0.25, 0.3) is 0 Å². The molecule has 0 saturated carbocycles. The Morgan fingerprint density at radius 1 is 0.443 bits per heavy atom. The number of ketones is 3. The van der Waals surface area contributed by atoms with Gasteiger partial charge in [0.2, 0.25) is 11.8 Å². The van der Waals surface area contributed by atoms with Crippen molar-refractivity contribution in [2.75, 3.05) is 90.6 Å². The van der Waals surface area contributed by atoms with Gasteiger partial charge in [-0.3, -0.25) is 33.0 Å². The van der Waals surface area contributed by atoms with Crippen LogP contribution in [0.3, 0.4) is 0 Å². The molecule has 3 rings (SSSR count). The van der Waals surface area contributed by atoms with Crippen LogP contribution in [0.1, 0.15) is 214 Å². The average Bonchev–Trinajstić information content (AvgIpc) is 0.872. The molecule has 0 radical (unpaired) electrons. The summed E-state index contributed by atoms with van der Waals surface area (Å²) < 4.78 is 56.3. The molecule has 0 aromatic heterocycles. The number of hydrogen-bond acceptors (Lipinski definition) is 26. The summed E-state index contributed by atoms with van der Waals surface area (Å²) in [5, 5.41) is 95.1. The second-order valence-corrected chi connectivity index (χ2v) is 29.1. The molecule has 12 N–H and O–H groups in total. The molecule has 3 saturated heterocycles. The first-order valence-electron chi connectivity index (χ1n) is 32.1. The van der Waals surface area contributed by atoms with Crippen LogP contribution in [0.25, 0.3) is 0 Å². The third-order valence-corrected chi connectivity index (χ3v) is 21.5. The summed E-state index contributed by atoms with van der Waals surface area (Å²) in [6, 6.07) is 0. The second kappa shape index (κ2) is 58.8. The number of aliphatic hydroxyl groups is 9. The number of hydrogen-bond donors (Lipinski definition) is 12. The van der Waals surface area contributed by atoms with Crippen molar-refractivity contribution in [3.05, 3.63) is 0 Å². The maximum atomic E-state index is 13.6. The Kier molecular flexibility index (Phi) is 63.2. The minimum atomic E-state index is -4.44. The predicted octanol–water partition coefficient (Wildman–Crippen LogP) is 7.90. The van der Waals surface area contributed by atoms with E-state index < -0.39 is 93.3 Å². The van der Waals surface area contributed by atoms with E-state index in [0.717, 1.165) is 101 Å². The van der Waals surface area contributed by atoms with E-state index >= 15 is 0 Å². The van der Waals surface area contributed by atoms with Crippen molar-refractivity contribution in [3.8, 4) is 0 Å². The summed E-state index contributed by atoms with van der Waals surface area (Å²) in [5.41, 5.74) is -2.54. The largest absolute Gasteiger partial charge is 0.473 e. The van der Waals surface area contributed by atoms with Gasteiger partial charge < -0.3 is 89.9 Å². The minimum absolute atomic E-state index is 0. The van der Waals surface area contributed by atoms with Crippen molar-refractivity contribution in [1.29, 1.82) is 0 Å². The number of unbranched alkanes of at least 4 members (excludes halogenated alkanes) is 12. The van der Waals surface area contributed by atoms with Crippen molar-refractivity contribution in [1.82, 2.24) is 10.6 Å². The number of phosphoric ester groups is 1. The molecule has 26 nitrogen and oxygen atoms in total. The Bertz CT molecular complexity index is 1890. The van der Waals surface area contributed by atoms with Gasteiger partial charge in [-0.15, -0.1) is 35.3 Å². The average molecular weight is 1480 g/mol. The maximum Gasteiger partial charge on any atom is 0.473 e. The molecule has 3 aliphatic heterocycles. The number of ether oxygens (including phenoxy) is 6. The Balaban J connectivity index is -0.00000403. The molecule has 582 valence electrons. The van der Waals surface area contributed by atoms with Crippen LogP contribution in [-0.4, -0.2) is 247 Å². The molecule has 0 aromatic carbocycles. The fourth-order valence-corrected chi connectivity index (χ4v) is 14.7. The molecule has 0 aromatic rings. The van der Waals surface area contributed by atoms with Gasteiger partial charge in [-0.1, -0.05) is 131 Å². The van der Waals surface area contributed by atoms with Crippen LogP contribution in [-0.2, 0) is 66.0 Å². The number of amides is 2. The van der Waals surface area contributed by atoms with Crippen LogP contribution >= 0.6 is 43.1 Å². The van der Waals surface area contributed by atoms with Crippen molar-refractivity contribution >= 4 is 72.3 Å². The highest BCUT2D eigenvalue weighted by molar-refractivity contribution is 8.00. The van der Waals surface area contributed by atoms with Crippen molar-refractivity contribution in [2.45, 2.75) is 291 Å². The lowest BCUT2D eigenvalue weighted by atomic mass is 9.94. The molecule has 0 aliphatic carbocycles. The molecule has 3 fully saturated rings. The SMILES string of the molecule is C.C.C.C.C.C.C.COP(=O)(O)OCNC(=O)CC(=O)NC(COCCC(=O)CCCCCCCS[C@@H]1OC(CO)[C@H](O)[C@H](O)C1C)(COCCC(=O)CCCCCCCS[C@@H]1OC(CO)[C@H](O)[C@H](O)C1C)COCCC(=O)CCCCCCCS[C@@H]1OC(CO)[C@H](O)[C@H](O)C1C. The second-order valence-electron chi connectivity index (χ2n) is 23.9. The smallest absolute Gasteiger partial charge is 0.394 e. The van der Waals surface area contributed by atoms with Crippen LogP contribution in [0.5, 0.6) is 0 Å². The van der Waals surface area contributed by atoms with E-state index in [-0.39, 0.29) is 182 Å². The van der Waals surface area contributed by atoms with Crippen molar-refractivity contribution in [3.63, 3.8) is 0 Å². The van der Waals surface area contributed by atoms with E-state index in [2.05, 4.69) is 19.7 Å². The molecular formula is C67H137N2O24PS3. The lowest BCUT2D eigenvalue weighted by molar-refractivity contribution is -0.181. The fourth-order valence-electron chi connectivity index (χ4n) is 10.5. The first kappa shape index (κ1) is 104. The first-order chi connectivity index (χ1) is 43.0. The third kappa shape index (κ3) is 41.0. The molecule has 3 aliphatic rings. The summed E-state index contributed by atoms with van der Waals surface area (Å²) in [6.45, 7) is 2.63. The van der Waals surface area contributed by atoms with Crippen LogP contribution in [0.4, 0.5) is 0 Å². The highest BCUT2D eigenvalue weighted by Gasteiger charge is 2.44. The van der Waals surface area contributed by atoms with Gasteiger partial charge >= 0.3 is 7.82 Å². The highest BCUT2D eigenvalue weighted by Crippen LogP contribution is 2.41. The summed E-state index contributed by atoms with van der Waals surface area (Å²) in [7, 11) is -3.50. The summed E-state index contributed by atoms with van der Waals surface area (Å²) in [6.07, 6.45) is 4.02. The standard InChI is InChI=1S/C60H109N2O24PS3.7CH4/c1-40-51(71)54(74)46(33-63)84-57(40)88-29-17-11-5-8-14-20-43(66)23-26-80-36-60(62-50(70)32-49(69)61-39-83-87(77,78)79-4,37-81-27-24-44(67)21-15-9-6-12-18-30-89-58-41(2)52(72)55(75)47(34-64)85-58)38-82-28-25-45(68)22-16-10-7-13-19-31-90-59-42(3)53(73)56(76)48(35-65)86-59;;;;;;;/h40-42,46-48,51-59,63-65,71-76H,5-39H2,1-4H3,(H,61,69)(H,62,70)(H,77,78);7*1H4/t40?,41?,42?,46?,47?,48?,51-,52-,53-,54+,55+,56+,57+,58+,59+,60?;;;;;;;/m1......./s1. The van der Waals surface area contributed by atoms with Gasteiger partial charge in [0, 0.05) is 63.4 Å². The number of phosphoric acid groups is 1. The molecule has 2 amide bonds. The Hall–Kier alpha value is -1.49. The van der Waals surface area contributed by atoms with Gasteiger partial charge in [0.1, 0.15) is 89.0 Å². The van der Waals surface area contributed by atoms with Gasteiger partial charge in [-0.25, -0.2) is 4.57 Å².